The van der Waals surface area contributed by atoms with Crippen molar-refractivity contribution in [3.05, 3.63) is 70.2 Å². The van der Waals surface area contributed by atoms with Gasteiger partial charge in [0.05, 0.1) is 4.92 Å². The zero-order chi connectivity index (χ0) is 15.7. The molecule has 5 nitrogen and oxygen atoms in total. The standard InChI is InChI=1S/C16H11FN2O3/c1-10-9-11(5-6-13(10)17)22-15-7-8-18-16-12(15)3-2-4-14(16)19(20)21/h2-9H,1H3. The van der Waals surface area contributed by atoms with Crippen molar-refractivity contribution in [1.29, 1.82) is 0 Å². The van der Waals surface area contributed by atoms with Gasteiger partial charge < -0.3 is 4.74 Å². The fourth-order valence-electron chi connectivity index (χ4n) is 2.18. The van der Waals surface area contributed by atoms with Gasteiger partial charge in [-0.05, 0) is 42.8 Å². The molecule has 110 valence electrons. The average Bonchev–Trinajstić information content (AvgIpc) is 2.50. The van der Waals surface area contributed by atoms with E-state index in [-0.39, 0.29) is 17.0 Å². The van der Waals surface area contributed by atoms with Crippen molar-refractivity contribution in [2.24, 2.45) is 0 Å². The number of halogens is 1. The molecule has 0 radical (unpaired) electrons. The summed E-state index contributed by atoms with van der Waals surface area (Å²) in [4.78, 5) is 14.6. The lowest BCUT2D eigenvalue weighted by molar-refractivity contribution is -0.383. The van der Waals surface area contributed by atoms with Crippen LogP contribution in [0.2, 0.25) is 0 Å². The lowest BCUT2D eigenvalue weighted by atomic mass is 10.1. The second kappa shape index (κ2) is 5.40. The van der Waals surface area contributed by atoms with E-state index in [0.717, 1.165) is 0 Å². The van der Waals surface area contributed by atoms with Gasteiger partial charge in [-0.25, -0.2) is 9.37 Å². The molecule has 1 heterocycles. The third kappa shape index (κ3) is 2.46. The maximum Gasteiger partial charge on any atom is 0.295 e. The van der Waals surface area contributed by atoms with E-state index in [1.54, 1.807) is 31.2 Å². The van der Waals surface area contributed by atoms with Crippen molar-refractivity contribution in [2.75, 3.05) is 0 Å². The molecule has 22 heavy (non-hydrogen) atoms. The molecular weight excluding hydrogens is 287 g/mol. The van der Waals surface area contributed by atoms with Crippen LogP contribution in [0.25, 0.3) is 10.9 Å². The summed E-state index contributed by atoms with van der Waals surface area (Å²) in [5, 5.41) is 11.6. The Bertz CT molecular complexity index is 880. The average molecular weight is 298 g/mol. The zero-order valence-electron chi connectivity index (χ0n) is 11.6. The van der Waals surface area contributed by atoms with Crippen LogP contribution < -0.4 is 4.74 Å². The highest BCUT2D eigenvalue weighted by Crippen LogP contribution is 2.33. The smallest absolute Gasteiger partial charge is 0.295 e. The molecule has 3 rings (SSSR count). The molecule has 0 unspecified atom stereocenters. The maximum atomic E-state index is 13.3. The van der Waals surface area contributed by atoms with Crippen molar-refractivity contribution in [3.8, 4) is 11.5 Å². The van der Waals surface area contributed by atoms with Crippen LogP contribution in [-0.2, 0) is 0 Å². The highest BCUT2D eigenvalue weighted by molar-refractivity contribution is 5.91. The number of aryl methyl sites for hydroxylation is 1. The SMILES string of the molecule is Cc1cc(Oc2ccnc3c([N+](=O)[O-])cccc23)ccc1F. The normalized spacial score (nSPS) is 10.6. The highest BCUT2D eigenvalue weighted by Gasteiger charge is 2.15. The van der Waals surface area contributed by atoms with E-state index in [9.17, 15) is 14.5 Å². The van der Waals surface area contributed by atoms with Gasteiger partial charge in [0.15, 0.2) is 5.52 Å². The molecule has 0 aliphatic rings. The number of pyridine rings is 1. The monoisotopic (exact) mass is 298 g/mol. The first-order valence-electron chi connectivity index (χ1n) is 6.52. The van der Waals surface area contributed by atoms with Gasteiger partial charge in [-0.3, -0.25) is 10.1 Å². The Kier molecular flexibility index (Phi) is 3.42. The predicted molar refractivity (Wildman–Crippen MR) is 79.6 cm³/mol. The molecule has 0 amide bonds. The maximum absolute atomic E-state index is 13.3. The number of benzene rings is 2. The number of hydrogen-bond donors (Lipinski definition) is 0. The van der Waals surface area contributed by atoms with E-state index < -0.39 is 4.92 Å². The molecule has 0 atom stereocenters. The Morgan fingerprint density at radius 1 is 1.23 bits per heavy atom. The Balaban J connectivity index is 2.09. The molecule has 0 spiro atoms. The number of ether oxygens (including phenoxy) is 1. The van der Waals surface area contributed by atoms with Gasteiger partial charge in [0.25, 0.3) is 5.69 Å². The molecule has 6 heteroatoms. The quantitative estimate of drug-likeness (QED) is 0.531. The first kappa shape index (κ1) is 13.9. The van der Waals surface area contributed by atoms with Crippen LogP contribution in [0.5, 0.6) is 11.5 Å². The van der Waals surface area contributed by atoms with Crippen LogP contribution in [-0.4, -0.2) is 9.91 Å². The summed E-state index contributed by atoms with van der Waals surface area (Å²) >= 11 is 0. The summed E-state index contributed by atoms with van der Waals surface area (Å²) in [7, 11) is 0. The third-order valence-electron chi connectivity index (χ3n) is 3.26. The Morgan fingerprint density at radius 2 is 2.05 bits per heavy atom. The summed E-state index contributed by atoms with van der Waals surface area (Å²) < 4.78 is 19.0. The fourth-order valence-corrected chi connectivity index (χ4v) is 2.18. The number of nitrogens with zero attached hydrogens (tertiary/aromatic N) is 2. The Labute approximate surface area is 125 Å². The van der Waals surface area contributed by atoms with Gasteiger partial charge in [-0.15, -0.1) is 0 Å². The number of hydrogen-bond acceptors (Lipinski definition) is 4. The van der Waals surface area contributed by atoms with E-state index in [0.29, 0.717) is 22.4 Å². The van der Waals surface area contributed by atoms with Gasteiger partial charge in [-0.1, -0.05) is 6.07 Å². The highest BCUT2D eigenvalue weighted by atomic mass is 19.1. The molecule has 0 saturated heterocycles. The molecule has 1 aromatic heterocycles. The van der Waals surface area contributed by atoms with Crippen LogP contribution >= 0.6 is 0 Å². The lowest BCUT2D eigenvalue weighted by Gasteiger charge is -2.09. The number of aromatic nitrogens is 1. The summed E-state index contributed by atoms with van der Waals surface area (Å²) in [6.45, 7) is 1.64. The molecular formula is C16H11FN2O3. The molecule has 0 saturated carbocycles. The van der Waals surface area contributed by atoms with Crippen molar-refractivity contribution >= 4 is 16.6 Å². The zero-order valence-corrected chi connectivity index (χ0v) is 11.6. The van der Waals surface area contributed by atoms with Crippen LogP contribution in [0.1, 0.15) is 5.56 Å². The first-order chi connectivity index (χ1) is 10.6. The fraction of sp³-hybridized carbons (Fsp3) is 0.0625. The molecule has 2 aromatic carbocycles. The largest absolute Gasteiger partial charge is 0.457 e. The number of nitro benzene ring substituents is 1. The number of para-hydroxylation sites is 1. The molecule has 0 bridgehead atoms. The van der Waals surface area contributed by atoms with Crippen LogP contribution in [0.3, 0.4) is 0 Å². The van der Waals surface area contributed by atoms with Gasteiger partial charge in [0.2, 0.25) is 0 Å². The Hall–Kier alpha value is -3.02. The van der Waals surface area contributed by atoms with Gasteiger partial charge in [0.1, 0.15) is 17.3 Å². The van der Waals surface area contributed by atoms with Crippen LogP contribution in [0.4, 0.5) is 10.1 Å². The third-order valence-corrected chi connectivity index (χ3v) is 3.26. The van der Waals surface area contributed by atoms with Crippen molar-refractivity contribution in [1.82, 2.24) is 4.98 Å². The predicted octanol–water partition coefficient (Wildman–Crippen LogP) is 4.38. The van der Waals surface area contributed by atoms with Gasteiger partial charge in [0, 0.05) is 17.6 Å². The van der Waals surface area contributed by atoms with Crippen molar-refractivity contribution < 1.29 is 14.1 Å². The summed E-state index contributed by atoms with van der Waals surface area (Å²) in [6, 6.07) is 10.7. The van der Waals surface area contributed by atoms with E-state index in [4.69, 9.17) is 4.74 Å². The molecule has 0 aliphatic carbocycles. The number of fused-ring (bicyclic) bond motifs is 1. The lowest BCUT2D eigenvalue weighted by Crippen LogP contribution is -1.93. The van der Waals surface area contributed by atoms with Crippen molar-refractivity contribution in [3.63, 3.8) is 0 Å². The van der Waals surface area contributed by atoms with E-state index in [1.807, 2.05) is 0 Å². The summed E-state index contributed by atoms with van der Waals surface area (Å²) in [6.07, 6.45) is 1.45. The molecule has 0 aliphatic heterocycles. The second-order valence-electron chi connectivity index (χ2n) is 4.75. The second-order valence-corrected chi connectivity index (χ2v) is 4.75. The molecule has 0 N–H and O–H groups in total. The first-order valence-corrected chi connectivity index (χ1v) is 6.52. The summed E-state index contributed by atoms with van der Waals surface area (Å²) in [5.74, 6) is 0.570. The van der Waals surface area contributed by atoms with Crippen molar-refractivity contribution in [2.45, 2.75) is 6.92 Å². The molecule has 0 fully saturated rings. The van der Waals surface area contributed by atoms with E-state index >= 15 is 0 Å². The minimum absolute atomic E-state index is 0.0850. The topological polar surface area (TPSA) is 65.3 Å². The van der Waals surface area contributed by atoms with Gasteiger partial charge in [-0.2, -0.15) is 0 Å². The van der Waals surface area contributed by atoms with E-state index in [2.05, 4.69) is 4.98 Å². The van der Waals surface area contributed by atoms with Crippen LogP contribution in [0.15, 0.2) is 48.7 Å². The van der Waals surface area contributed by atoms with E-state index in [1.165, 1.54) is 24.4 Å². The summed E-state index contributed by atoms with van der Waals surface area (Å²) in [5.41, 5.74) is 0.629. The number of nitro groups is 1. The minimum atomic E-state index is -0.485. The number of rotatable bonds is 3. The van der Waals surface area contributed by atoms with Gasteiger partial charge >= 0.3 is 0 Å². The minimum Gasteiger partial charge on any atom is -0.457 e. The Morgan fingerprint density at radius 3 is 2.77 bits per heavy atom. The number of non-ortho nitro benzene ring substituents is 1. The van der Waals surface area contributed by atoms with Crippen LogP contribution in [0, 0.1) is 22.9 Å². The molecule has 3 aromatic rings.